The Kier molecular flexibility index (Phi) is 10.4. The number of aryl methyl sites for hydroxylation is 1. The molecule has 4 rings (SSSR count). The van der Waals surface area contributed by atoms with Gasteiger partial charge in [-0.15, -0.1) is 0 Å². The van der Waals surface area contributed by atoms with E-state index >= 15 is 0 Å². The molecule has 1 unspecified atom stereocenters. The lowest BCUT2D eigenvalue weighted by Crippen LogP contribution is -2.34. The SMILES string of the molecule is CCC(Oc1cccc(CCCN(CCC(c2ccccc2)c2ccccc2)C(=O)c2ccncc2)c1)C(=O)O. The Morgan fingerprint density at radius 1 is 0.850 bits per heavy atom. The van der Waals surface area contributed by atoms with Crippen LogP contribution in [0.1, 0.15) is 59.2 Å². The first-order valence-electron chi connectivity index (χ1n) is 13.8. The van der Waals surface area contributed by atoms with Gasteiger partial charge in [-0.05, 0) is 66.6 Å². The number of ether oxygens (including phenoxy) is 1. The monoisotopic (exact) mass is 536 g/mol. The van der Waals surface area contributed by atoms with Crippen molar-refractivity contribution in [2.75, 3.05) is 13.1 Å². The third-order valence-electron chi connectivity index (χ3n) is 7.02. The third kappa shape index (κ3) is 8.03. The fraction of sp³-hybridized carbons (Fsp3) is 0.265. The zero-order chi connectivity index (χ0) is 28.2. The number of pyridine rings is 1. The standard InChI is InChI=1S/C34H36N2O4/c1-2-32(34(38)39)40-30-17-9-11-26(25-30)12-10-23-36(33(37)29-18-21-35-22-19-29)24-20-31(27-13-5-3-6-14-27)28-15-7-4-8-16-28/h3-9,11,13-19,21-22,25,31-32H,2,10,12,20,23-24H2,1H3,(H,38,39). The van der Waals surface area contributed by atoms with Crippen molar-refractivity contribution in [2.45, 2.75) is 44.6 Å². The molecule has 0 bridgehead atoms. The second kappa shape index (κ2) is 14.6. The van der Waals surface area contributed by atoms with Gasteiger partial charge in [-0.2, -0.15) is 0 Å². The highest BCUT2D eigenvalue weighted by atomic mass is 16.5. The minimum atomic E-state index is -0.970. The molecular formula is C34H36N2O4. The number of rotatable bonds is 14. The smallest absolute Gasteiger partial charge is 0.344 e. The molecule has 1 atom stereocenters. The quantitative estimate of drug-likeness (QED) is 0.196. The van der Waals surface area contributed by atoms with Crippen molar-refractivity contribution in [1.82, 2.24) is 9.88 Å². The van der Waals surface area contributed by atoms with Crippen LogP contribution in [0.25, 0.3) is 0 Å². The van der Waals surface area contributed by atoms with Crippen LogP contribution in [0.4, 0.5) is 0 Å². The Balaban J connectivity index is 1.47. The Labute approximate surface area is 236 Å². The zero-order valence-corrected chi connectivity index (χ0v) is 22.9. The maximum absolute atomic E-state index is 13.6. The molecule has 1 aromatic heterocycles. The average molecular weight is 537 g/mol. The first-order valence-corrected chi connectivity index (χ1v) is 13.8. The molecule has 4 aromatic rings. The molecule has 0 aliphatic carbocycles. The number of carboxylic acid groups (broad SMARTS) is 1. The lowest BCUT2D eigenvalue weighted by Gasteiger charge is -2.26. The molecule has 6 nitrogen and oxygen atoms in total. The fourth-order valence-corrected chi connectivity index (χ4v) is 4.89. The number of aromatic nitrogens is 1. The second-order valence-electron chi connectivity index (χ2n) is 9.79. The molecule has 0 radical (unpaired) electrons. The summed E-state index contributed by atoms with van der Waals surface area (Å²) in [4.78, 5) is 30.9. The zero-order valence-electron chi connectivity index (χ0n) is 22.9. The third-order valence-corrected chi connectivity index (χ3v) is 7.02. The molecular weight excluding hydrogens is 500 g/mol. The minimum Gasteiger partial charge on any atom is -0.479 e. The molecule has 0 saturated heterocycles. The molecule has 1 amide bonds. The molecule has 1 heterocycles. The van der Waals surface area contributed by atoms with Crippen LogP contribution in [0.3, 0.4) is 0 Å². The molecule has 40 heavy (non-hydrogen) atoms. The van der Waals surface area contributed by atoms with Crippen molar-refractivity contribution in [2.24, 2.45) is 0 Å². The van der Waals surface area contributed by atoms with Gasteiger partial charge in [0.1, 0.15) is 5.75 Å². The molecule has 3 aromatic carbocycles. The average Bonchev–Trinajstić information content (AvgIpc) is 3.00. The van der Waals surface area contributed by atoms with Crippen molar-refractivity contribution in [1.29, 1.82) is 0 Å². The van der Waals surface area contributed by atoms with E-state index in [0.29, 0.717) is 30.8 Å². The van der Waals surface area contributed by atoms with Crippen LogP contribution in [-0.4, -0.2) is 46.1 Å². The van der Waals surface area contributed by atoms with Gasteiger partial charge in [0.2, 0.25) is 0 Å². The van der Waals surface area contributed by atoms with Crippen molar-refractivity contribution in [3.8, 4) is 5.75 Å². The van der Waals surface area contributed by atoms with Crippen LogP contribution in [-0.2, 0) is 11.2 Å². The van der Waals surface area contributed by atoms with E-state index in [1.54, 1.807) is 37.5 Å². The van der Waals surface area contributed by atoms with E-state index in [1.165, 1.54) is 11.1 Å². The van der Waals surface area contributed by atoms with E-state index in [2.05, 4.69) is 53.5 Å². The van der Waals surface area contributed by atoms with Crippen molar-refractivity contribution < 1.29 is 19.4 Å². The summed E-state index contributed by atoms with van der Waals surface area (Å²) >= 11 is 0. The normalized spacial score (nSPS) is 11.7. The number of carbonyl (C=O) groups is 2. The topological polar surface area (TPSA) is 79.7 Å². The molecule has 1 N–H and O–H groups in total. The van der Waals surface area contributed by atoms with Gasteiger partial charge in [-0.3, -0.25) is 9.78 Å². The summed E-state index contributed by atoms with van der Waals surface area (Å²) < 4.78 is 5.67. The summed E-state index contributed by atoms with van der Waals surface area (Å²) in [6.07, 6.45) is 5.11. The highest BCUT2D eigenvalue weighted by Crippen LogP contribution is 2.28. The number of aliphatic carboxylic acids is 1. The molecule has 0 saturated carbocycles. The Morgan fingerprint density at radius 3 is 2.10 bits per heavy atom. The molecule has 0 fully saturated rings. The van der Waals surface area contributed by atoms with Crippen LogP contribution in [0, 0.1) is 0 Å². The maximum Gasteiger partial charge on any atom is 0.344 e. The number of carboxylic acids is 1. The van der Waals surface area contributed by atoms with E-state index in [1.807, 2.05) is 35.2 Å². The van der Waals surface area contributed by atoms with E-state index in [9.17, 15) is 14.7 Å². The van der Waals surface area contributed by atoms with Gasteiger partial charge in [0.15, 0.2) is 6.10 Å². The molecule has 206 valence electrons. The predicted molar refractivity (Wildman–Crippen MR) is 157 cm³/mol. The number of amides is 1. The van der Waals surface area contributed by atoms with Crippen molar-refractivity contribution in [3.05, 3.63) is 132 Å². The van der Waals surface area contributed by atoms with Crippen molar-refractivity contribution in [3.63, 3.8) is 0 Å². The maximum atomic E-state index is 13.6. The van der Waals surface area contributed by atoms with Gasteiger partial charge in [-0.25, -0.2) is 4.79 Å². The van der Waals surface area contributed by atoms with E-state index < -0.39 is 12.1 Å². The first-order chi connectivity index (χ1) is 19.5. The van der Waals surface area contributed by atoms with Crippen LogP contribution in [0.5, 0.6) is 5.75 Å². The number of benzene rings is 3. The summed E-state index contributed by atoms with van der Waals surface area (Å²) in [6, 6.07) is 31.9. The largest absolute Gasteiger partial charge is 0.479 e. The first kappa shape index (κ1) is 28.6. The summed E-state index contributed by atoms with van der Waals surface area (Å²) in [6.45, 7) is 2.99. The van der Waals surface area contributed by atoms with Gasteiger partial charge < -0.3 is 14.7 Å². The van der Waals surface area contributed by atoms with Crippen LogP contribution < -0.4 is 4.74 Å². The Hall–Kier alpha value is -4.45. The van der Waals surface area contributed by atoms with Gasteiger partial charge in [0.05, 0.1) is 0 Å². The lowest BCUT2D eigenvalue weighted by molar-refractivity contribution is -0.145. The highest BCUT2D eigenvalue weighted by molar-refractivity contribution is 5.94. The van der Waals surface area contributed by atoms with Gasteiger partial charge in [-0.1, -0.05) is 79.7 Å². The van der Waals surface area contributed by atoms with E-state index in [0.717, 1.165) is 24.8 Å². The predicted octanol–water partition coefficient (Wildman–Crippen LogP) is 6.62. The Morgan fingerprint density at radius 2 is 1.50 bits per heavy atom. The Bertz CT molecular complexity index is 1310. The minimum absolute atomic E-state index is 0.00777. The molecule has 6 heteroatoms. The fourth-order valence-electron chi connectivity index (χ4n) is 4.89. The van der Waals surface area contributed by atoms with E-state index in [4.69, 9.17) is 4.74 Å². The number of hydrogen-bond acceptors (Lipinski definition) is 4. The number of carbonyl (C=O) groups excluding carboxylic acids is 1. The van der Waals surface area contributed by atoms with Crippen LogP contribution >= 0.6 is 0 Å². The highest BCUT2D eigenvalue weighted by Gasteiger charge is 2.20. The van der Waals surface area contributed by atoms with Gasteiger partial charge in [0.25, 0.3) is 5.91 Å². The lowest BCUT2D eigenvalue weighted by atomic mass is 9.88. The van der Waals surface area contributed by atoms with Gasteiger partial charge in [0, 0.05) is 37.0 Å². The van der Waals surface area contributed by atoms with Crippen LogP contribution in [0.15, 0.2) is 109 Å². The summed E-state index contributed by atoms with van der Waals surface area (Å²) in [7, 11) is 0. The number of nitrogens with zero attached hydrogens (tertiary/aromatic N) is 2. The van der Waals surface area contributed by atoms with Crippen LogP contribution in [0.2, 0.25) is 0 Å². The van der Waals surface area contributed by atoms with Crippen molar-refractivity contribution >= 4 is 11.9 Å². The summed E-state index contributed by atoms with van der Waals surface area (Å²) in [5, 5.41) is 9.32. The molecule has 0 aliphatic rings. The molecule has 0 aliphatic heterocycles. The van der Waals surface area contributed by atoms with Gasteiger partial charge >= 0.3 is 5.97 Å². The number of hydrogen-bond donors (Lipinski definition) is 1. The second-order valence-corrected chi connectivity index (χ2v) is 9.79. The summed E-state index contributed by atoms with van der Waals surface area (Å²) in [5.41, 5.74) is 4.13. The summed E-state index contributed by atoms with van der Waals surface area (Å²) in [5.74, 6) is -0.260. The molecule has 0 spiro atoms. The van der Waals surface area contributed by atoms with E-state index in [-0.39, 0.29) is 11.8 Å².